The molecule has 0 N–H and O–H groups in total. The Morgan fingerprint density at radius 1 is 1.09 bits per heavy atom. The van der Waals surface area contributed by atoms with Gasteiger partial charge < -0.3 is 4.98 Å². The molecular formula is C9H6MnN-. The molecule has 0 saturated heterocycles. The van der Waals surface area contributed by atoms with Gasteiger partial charge in [-0.15, -0.1) is 29.0 Å². The molecule has 0 aliphatic heterocycles. The van der Waals surface area contributed by atoms with Crippen LogP contribution in [0.15, 0.2) is 36.5 Å². The molecule has 1 radical (unpaired) electrons. The van der Waals surface area contributed by atoms with Crippen molar-refractivity contribution < 1.29 is 17.1 Å². The number of nitrogens with zero attached hydrogens (tertiary/aromatic N) is 1. The van der Waals surface area contributed by atoms with E-state index >= 15 is 0 Å². The van der Waals surface area contributed by atoms with Crippen LogP contribution >= 0.6 is 0 Å². The first-order valence-corrected chi connectivity index (χ1v) is 3.18. The fraction of sp³-hybridized carbons (Fsp3) is 0. The Labute approximate surface area is 75.9 Å². The molecule has 0 fully saturated rings. The third-order valence-electron chi connectivity index (χ3n) is 1.47. The average molecular weight is 183 g/mol. The second-order valence-electron chi connectivity index (χ2n) is 2.14. The van der Waals surface area contributed by atoms with Crippen molar-refractivity contribution in [3.63, 3.8) is 0 Å². The number of benzene rings is 1. The van der Waals surface area contributed by atoms with Gasteiger partial charge in [0, 0.05) is 17.1 Å². The summed E-state index contributed by atoms with van der Waals surface area (Å²) in [7, 11) is 0. The monoisotopic (exact) mass is 183 g/mol. The first-order valence-electron chi connectivity index (χ1n) is 3.18. The van der Waals surface area contributed by atoms with Crippen molar-refractivity contribution in [3.8, 4) is 0 Å². The first kappa shape index (κ1) is 8.25. The quantitative estimate of drug-likeness (QED) is 0.449. The maximum Gasteiger partial charge on any atom is 0 e. The normalized spacial score (nSPS) is 9.09. The Balaban J connectivity index is 0.000000605. The molecule has 1 aromatic carbocycles. The van der Waals surface area contributed by atoms with Crippen LogP contribution in [0.1, 0.15) is 0 Å². The SMILES string of the molecule is [Mn].[c-]1nccc2ccccc12. The van der Waals surface area contributed by atoms with Gasteiger partial charge >= 0.3 is 0 Å². The molecule has 1 nitrogen and oxygen atoms in total. The molecule has 0 saturated carbocycles. The van der Waals surface area contributed by atoms with Crippen molar-refractivity contribution in [1.82, 2.24) is 4.98 Å². The van der Waals surface area contributed by atoms with Gasteiger partial charge in [0.1, 0.15) is 0 Å². The number of hydrogen-bond donors (Lipinski definition) is 0. The second-order valence-corrected chi connectivity index (χ2v) is 2.14. The van der Waals surface area contributed by atoms with Crippen LogP contribution in [0.3, 0.4) is 0 Å². The van der Waals surface area contributed by atoms with E-state index in [2.05, 4.69) is 11.2 Å². The molecule has 55 valence electrons. The predicted molar refractivity (Wildman–Crippen MR) is 40.6 cm³/mol. The van der Waals surface area contributed by atoms with Gasteiger partial charge in [-0.2, -0.15) is 0 Å². The molecule has 1 heterocycles. The Bertz CT molecular complexity index is 281. The van der Waals surface area contributed by atoms with E-state index in [-0.39, 0.29) is 17.1 Å². The molecular weight excluding hydrogens is 177 g/mol. The molecule has 0 atom stereocenters. The minimum Gasteiger partial charge on any atom is -0.360 e. The van der Waals surface area contributed by atoms with Crippen molar-refractivity contribution in [1.29, 1.82) is 0 Å². The van der Waals surface area contributed by atoms with Crippen molar-refractivity contribution in [2.45, 2.75) is 0 Å². The Hall–Kier alpha value is -0.851. The van der Waals surface area contributed by atoms with Gasteiger partial charge in [-0.25, -0.2) is 0 Å². The molecule has 0 amide bonds. The van der Waals surface area contributed by atoms with Crippen molar-refractivity contribution in [3.05, 3.63) is 42.7 Å². The molecule has 0 unspecified atom stereocenters. The molecule has 11 heavy (non-hydrogen) atoms. The summed E-state index contributed by atoms with van der Waals surface area (Å²) in [6.07, 6.45) is 4.65. The van der Waals surface area contributed by atoms with Crippen LogP contribution in [-0.2, 0) is 17.1 Å². The van der Waals surface area contributed by atoms with Crippen LogP contribution < -0.4 is 0 Å². The van der Waals surface area contributed by atoms with E-state index in [0.717, 1.165) is 5.39 Å². The molecule has 2 aromatic rings. The van der Waals surface area contributed by atoms with Crippen molar-refractivity contribution in [2.75, 3.05) is 0 Å². The van der Waals surface area contributed by atoms with Gasteiger partial charge in [0.15, 0.2) is 0 Å². The van der Waals surface area contributed by atoms with Gasteiger partial charge in [-0.05, 0) is 6.20 Å². The summed E-state index contributed by atoms with van der Waals surface area (Å²) in [4.78, 5) is 3.89. The topological polar surface area (TPSA) is 12.9 Å². The van der Waals surface area contributed by atoms with Gasteiger partial charge in [0.05, 0.1) is 0 Å². The first-order chi connectivity index (χ1) is 4.97. The van der Waals surface area contributed by atoms with Crippen LogP contribution in [0.4, 0.5) is 0 Å². The van der Waals surface area contributed by atoms with Crippen molar-refractivity contribution >= 4 is 10.8 Å². The van der Waals surface area contributed by atoms with Crippen LogP contribution in [0.5, 0.6) is 0 Å². The molecule has 0 aliphatic rings. The Kier molecular flexibility index (Phi) is 2.64. The molecule has 2 heteroatoms. The van der Waals surface area contributed by atoms with Gasteiger partial charge in [0.2, 0.25) is 0 Å². The minimum absolute atomic E-state index is 0. The summed E-state index contributed by atoms with van der Waals surface area (Å²) in [5.74, 6) is 0. The summed E-state index contributed by atoms with van der Waals surface area (Å²) < 4.78 is 0. The fourth-order valence-electron chi connectivity index (χ4n) is 0.969. The third kappa shape index (κ3) is 1.59. The zero-order valence-electron chi connectivity index (χ0n) is 5.79. The van der Waals surface area contributed by atoms with E-state index in [1.165, 1.54) is 5.39 Å². The van der Waals surface area contributed by atoms with E-state index in [9.17, 15) is 0 Å². The maximum atomic E-state index is 3.89. The van der Waals surface area contributed by atoms with E-state index in [0.29, 0.717) is 0 Å². The molecule has 0 spiro atoms. The van der Waals surface area contributed by atoms with Crippen LogP contribution in [0.2, 0.25) is 0 Å². The summed E-state index contributed by atoms with van der Waals surface area (Å²) in [6, 6.07) is 10.0. The number of fused-ring (bicyclic) bond motifs is 1. The molecule has 0 aliphatic carbocycles. The number of hydrogen-bond acceptors (Lipinski definition) is 1. The predicted octanol–water partition coefficient (Wildman–Crippen LogP) is 2.03. The fourth-order valence-corrected chi connectivity index (χ4v) is 0.969. The van der Waals surface area contributed by atoms with Crippen LogP contribution in [-0.4, -0.2) is 4.98 Å². The zero-order valence-corrected chi connectivity index (χ0v) is 6.97. The minimum atomic E-state index is 0. The summed E-state index contributed by atoms with van der Waals surface area (Å²) in [6.45, 7) is 0. The Morgan fingerprint density at radius 2 is 1.91 bits per heavy atom. The van der Waals surface area contributed by atoms with E-state index in [1.807, 2.05) is 30.3 Å². The second kappa shape index (κ2) is 3.51. The molecule has 1 aromatic heterocycles. The smallest absolute Gasteiger partial charge is 0 e. The third-order valence-corrected chi connectivity index (χ3v) is 1.47. The summed E-state index contributed by atoms with van der Waals surface area (Å²) >= 11 is 0. The number of pyridine rings is 1. The maximum absolute atomic E-state index is 3.89. The number of rotatable bonds is 0. The zero-order chi connectivity index (χ0) is 6.81. The van der Waals surface area contributed by atoms with E-state index in [1.54, 1.807) is 6.20 Å². The van der Waals surface area contributed by atoms with Crippen LogP contribution in [0, 0.1) is 6.20 Å². The van der Waals surface area contributed by atoms with E-state index < -0.39 is 0 Å². The average Bonchev–Trinajstić information content (AvgIpc) is 2.05. The van der Waals surface area contributed by atoms with Gasteiger partial charge in [0.25, 0.3) is 0 Å². The number of aromatic nitrogens is 1. The Morgan fingerprint density at radius 3 is 2.73 bits per heavy atom. The summed E-state index contributed by atoms with van der Waals surface area (Å²) in [5, 5.41) is 2.27. The standard InChI is InChI=1S/C9H6N.Mn/c1-2-4-9-7-10-6-5-8(9)3-1;/h1-6H;/q-1;. The van der Waals surface area contributed by atoms with Crippen LogP contribution in [0.25, 0.3) is 10.8 Å². The van der Waals surface area contributed by atoms with Gasteiger partial charge in [-0.1, -0.05) is 18.3 Å². The molecule has 2 rings (SSSR count). The van der Waals surface area contributed by atoms with E-state index in [4.69, 9.17) is 0 Å². The summed E-state index contributed by atoms with van der Waals surface area (Å²) in [5.41, 5.74) is 0. The van der Waals surface area contributed by atoms with Crippen molar-refractivity contribution in [2.24, 2.45) is 0 Å². The largest absolute Gasteiger partial charge is 0.360 e. The molecule has 0 bridgehead atoms. The van der Waals surface area contributed by atoms with Gasteiger partial charge in [-0.3, -0.25) is 0 Å².